The van der Waals surface area contributed by atoms with Crippen LogP contribution in [0.3, 0.4) is 0 Å². The molecule has 1 fully saturated rings. The van der Waals surface area contributed by atoms with Crippen LogP contribution >= 0.6 is 0 Å². The van der Waals surface area contributed by atoms with Gasteiger partial charge in [0.25, 0.3) is 0 Å². The van der Waals surface area contributed by atoms with Gasteiger partial charge in [0, 0.05) is 6.54 Å². The van der Waals surface area contributed by atoms with Gasteiger partial charge in [-0.15, -0.1) is 0 Å². The number of aliphatic hydroxyl groups is 1. The maximum atomic E-state index is 13.3. The second-order valence-electron chi connectivity index (χ2n) is 5.43. The van der Waals surface area contributed by atoms with E-state index in [0.29, 0.717) is 11.8 Å². The summed E-state index contributed by atoms with van der Waals surface area (Å²) in [5, 5.41) is 10.1. The minimum atomic E-state index is -4.05. The molecule has 0 radical (unpaired) electrons. The molecule has 1 saturated heterocycles. The Kier molecular flexibility index (Phi) is 4.53. The van der Waals surface area contributed by atoms with Crippen molar-refractivity contribution in [3.63, 3.8) is 0 Å². The summed E-state index contributed by atoms with van der Waals surface area (Å²) in [5.74, 6) is -1.86. The molecule has 0 spiro atoms. The maximum Gasteiger partial charge on any atom is 0.243 e. The van der Waals surface area contributed by atoms with E-state index in [2.05, 4.69) is 0 Å². The molecule has 5 nitrogen and oxygen atoms in total. The highest BCUT2D eigenvalue weighted by atomic mass is 32.2. The van der Waals surface area contributed by atoms with E-state index < -0.39 is 33.9 Å². The first kappa shape index (κ1) is 16.8. The van der Waals surface area contributed by atoms with Crippen molar-refractivity contribution in [3.8, 4) is 5.75 Å². The zero-order chi connectivity index (χ0) is 17.3. The van der Waals surface area contributed by atoms with Crippen LogP contribution < -0.4 is 4.74 Å². The SMILES string of the molecule is O=S(=O)(c1ccc(F)c(F)c1)N1C[C@@H](O)[C@H](Oc2ccccc2)C1. The van der Waals surface area contributed by atoms with Crippen LogP contribution in [0.15, 0.2) is 53.4 Å². The Bertz CT molecular complexity index is 829. The van der Waals surface area contributed by atoms with Gasteiger partial charge in [0.1, 0.15) is 18.0 Å². The molecular formula is C16H15F2NO4S. The van der Waals surface area contributed by atoms with Crippen LogP contribution in [0.4, 0.5) is 8.78 Å². The van der Waals surface area contributed by atoms with Crippen LogP contribution in [0.5, 0.6) is 5.75 Å². The monoisotopic (exact) mass is 355 g/mol. The zero-order valence-corrected chi connectivity index (χ0v) is 13.3. The van der Waals surface area contributed by atoms with E-state index in [4.69, 9.17) is 4.74 Å². The Labute approximate surface area is 138 Å². The highest BCUT2D eigenvalue weighted by Crippen LogP contribution is 2.25. The first-order valence-corrected chi connectivity index (χ1v) is 8.67. The fraction of sp³-hybridized carbons (Fsp3) is 0.250. The average Bonchev–Trinajstić information content (AvgIpc) is 2.92. The molecule has 8 heteroatoms. The normalized spacial score (nSPS) is 21.8. The summed E-state index contributed by atoms with van der Waals surface area (Å²) in [5.41, 5.74) is 0. The molecule has 2 aromatic carbocycles. The van der Waals surface area contributed by atoms with Crippen molar-refractivity contribution < 1.29 is 27.0 Å². The average molecular weight is 355 g/mol. The Morgan fingerprint density at radius 1 is 1.04 bits per heavy atom. The predicted octanol–water partition coefficient (Wildman–Crippen LogP) is 1.78. The highest BCUT2D eigenvalue weighted by Gasteiger charge is 2.40. The Morgan fingerprint density at radius 3 is 2.42 bits per heavy atom. The summed E-state index contributed by atoms with van der Waals surface area (Å²) in [7, 11) is -4.05. The van der Waals surface area contributed by atoms with E-state index in [1.54, 1.807) is 30.3 Å². The van der Waals surface area contributed by atoms with Crippen molar-refractivity contribution in [2.24, 2.45) is 0 Å². The number of nitrogens with zero attached hydrogens (tertiary/aromatic N) is 1. The van der Waals surface area contributed by atoms with Crippen molar-refractivity contribution in [2.75, 3.05) is 13.1 Å². The lowest BCUT2D eigenvalue weighted by atomic mass is 10.2. The topological polar surface area (TPSA) is 66.8 Å². The fourth-order valence-corrected chi connectivity index (χ4v) is 3.98. The standard InChI is InChI=1S/C16H15F2NO4S/c17-13-7-6-12(8-14(13)18)24(21,22)19-9-15(20)16(10-19)23-11-4-2-1-3-5-11/h1-8,15-16,20H,9-10H2/t15-,16-/m1/s1. The lowest BCUT2D eigenvalue weighted by Crippen LogP contribution is -2.31. The van der Waals surface area contributed by atoms with Gasteiger partial charge >= 0.3 is 0 Å². The molecule has 128 valence electrons. The number of benzene rings is 2. The van der Waals surface area contributed by atoms with Crippen LogP contribution in [-0.2, 0) is 10.0 Å². The summed E-state index contributed by atoms with van der Waals surface area (Å²) in [4.78, 5) is -0.367. The van der Waals surface area contributed by atoms with Gasteiger partial charge in [-0.3, -0.25) is 0 Å². The van der Waals surface area contributed by atoms with Crippen molar-refractivity contribution >= 4 is 10.0 Å². The molecule has 0 aliphatic carbocycles. The summed E-state index contributed by atoms with van der Waals surface area (Å²) >= 11 is 0. The first-order valence-electron chi connectivity index (χ1n) is 7.23. The highest BCUT2D eigenvalue weighted by molar-refractivity contribution is 7.89. The maximum absolute atomic E-state index is 13.3. The molecule has 0 aromatic heterocycles. The van der Waals surface area contributed by atoms with E-state index >= 15 is 0 Å². The largest absolute Gasteiger partial charge is 0.486 e. The summed E-state index contributed by atoms with van der Waals surface area (Å²) < 4.78 is 57.9. The summed E-state index contributed by atoms with van der Waals surface area (Å²) in [6.45, 7) is -0.268. The molecule has 24 heavy (non-hydrogen) atoms. The second kappa shape index (κ2) is 6.46. The van der Waals surface area contributed by atoms with Gasteiger partial charge in [-0.05, 0) is 30.3 Å². The molecule has 2 aromatic rings. The van der Waals surface area contributed by atoms with Crippen LogP contribution in [0.2, 0.25) is 0 Å². The number of aliphatic hydroxyl groups excluding tert-OH is 1. The van der Waals surface area contributed by atoms with Gasteiger partial charge < -0.3 is 9.84 Å². The van der Waals surface area contributed by atoms with Gasteiger partial charge in [-0.25, -0.2) is 17.2 Å². The Morgan fingerprint density at radius 2 is 1.75 bits per heavy atom. The number of ether oxygens (including phenoxy) is 1. The third kappa shape index (κ3) is 3.26. The minimum absolute atomic E-state index is 0.0859. The molecule has 0 saturated carbocycles. The molecule has 1 N–H and O–H groups in total. The van der Waals surface area contributed by atoms with Crippen LogP contribution in [0.25, 0.3) is 0 Å². The Hall–Kier alpha value is -2.03. The Balaban J connectivity index is 1.79. The number of hydrogen-bond donors (Lipinski definition) is 1. The lowest BCUT2D eigenvalue weighted by molar-refractivity contribution is 0.0737. The predicted molar refractivity (Wildman–Crippen MR) is 82.0 cm³/mol. The van der Waals surface area contributed by atoms with Gasteiger partial charge in [0.15, 0.2) is 11.6 Å². The molecule has 0 unspecified atom stereocenters. The van der Waals surface area contributed by atoms with Crippen LogP contribution in [0.1, 0.15) is 0 Å². The van der Waals surface area contributed by atoms with E-state index in [1.807, 2.05) is 0 Å². The third-order valence-corrected chi connectivity index (χ3v) is 5.59. The van der Waals surface area contributed by atoms with Crippen molar-refractivity contribution in [2.45, 2.75) is 17.1 Å². The number of hydrogen-bond acceptors (Lipinski definition) is 4. The smallest absolute Gasteiger partial charge is 0.243 e. The lowest BCUT2D eigenvalue weighted by Gasteiger charge is -2.17. The number of β-amino-alcohol motifs (C(OH)–C–C–N with tert-alkyl or cyclic N) is 1. The van der Waals surface area contributed by atoms with E-state index in [0.717, 1.165) is 16.4 Å². The molecule has 1 heterocycles. The zero-order valence-electron chi connectivity index (χ0n) is 12.5. The van der Waals surface area contributed by atoms with Crippen molar-refractivity contribution in [1.29, 1.82) is 0 Å². The van der Waals surface area contributed by atoms with Gasteiger partial charge in [-0.1, -0.05) is 18.2 Å². The molecule has 1 aliphatic rings. The van der Waals surface area contributed by atoms with Gasteiger partial charge in [-0.2, -0.15) is 4.31 Å². The quantitative estimate of drug-likeness (QED) is 0.908. The fourth-order valence-electron chi connectivity index (χ4n) is 2.50. The summed E-state index contributed by atoms with van der Waals surface area (Å²) in [6, 6.07) is 11.1. The van der Waals surface area contributed by atoms with Gasteiger partial charge in [0.2, 0.25) is 10.0 Å². The van der Waals surface area contributed by atoms with Crippen LogP contribution in [-0.4, -0.2) is 43.1 Å². The van der Waals surface area contributed by atoms with Crippen molar-refractivity contribution in [1.82, 2.24) is 4.31 Å². The summed E-state index contributed by atoms with van der Waals surface area (Å²) in [6.07, 6.45) is -1.77. The first-order chi connectivity index (χ1) is 11.4. The molecular weight excluding hydrogens is 340 g/mol. The number of sulfonamides is 1. The number of para-hydroxylation sites is 1. The molecule has 2 atom stereocenters. The minimum Gasteiger partial charge on any atom is -0.486 e. The van der Waals surface area contributed by atoms with Gasteiger partial charge in [0.05, 0.1) is 11.4 Å². The number of rotatable bonds is 4. The molecule has 0 bridgehead atoms. The molecule has 1 aliphatic heterocycles. The third-order valence-electron chi connectivity index (χ3n) is 3.76. The molecule has 0 amide bonds. The van der Waals surface area contributed by atoms with Crippen molar-refractivity contribution in [3.05, 3.63) is 60.2 Å². The van der Waals surface area contributed by atoms with E-state index in [9.17, 15) is 22.3 Å². The van der Waals surface area contributed by atoms with E-state index in [1.165, 1.54) is 0 Å². The second-order valence-corrected chi connectivity index (χ2v) is 7.37. The number of halogens is 2. The molecule has 3 rings (SSSR count). The van der Waals surface area contributed by atoms with E-state index in [-0.39, 0.29) is 18.0 Å². The van der Waals surface area contributed by atoms with Crippen LogP contribution in [0, 0.1) is 11.6 Å².